The molecule has 0 bridgehead atoms. The molecular formula is C27H37FN6O2. The minimum Gasteiger partial charge on any atom is -0.383 e. The highest BCUT2D eigenvalue weighted by Crippen LogP contribution is 2.33. The first kappa shape index (κ1) is 26.3. The van der Waals surface area contributed by atoms with E-state index in [0.717, 1.165) is 31.4 Å². The Morgan fingerprint density at radius 2 is 1.94 bits per heavy atom. The maximum Gasteiger partial charge on any atom is 0.150 e. The maximum absolute atomic E-state index is 14.8. The van der Waals surface area contributed by atoms with Crippen LogP contribution in [0, 0.1) is 22.6 Å². The van der Waals surface area contributed by atoms with Gasteiger partial charge in [0.25, 0.3) is 0 Å². The third-order valence-corrected chi connectivity index (χ3v) is 7.24. The third-order valence-electron chi connectivity index (χ3n) is 7.24. The summed E-state index contributed by atoms with van der Waals surface area (Å²) in [5, 5.41) is 20.4. The molecule has 0 aromatic carbocycles. The molecule has 1 saturated carbocycles. The molecule has 9 heteroatoms. The van der Waals surface area contributed by atoms with Crippen molar-refractivity contribution in [3.05, 3.63) is 36.4 Å². The Bertz CT molecular complexity index is 1030. The minimum absolute atomic E-state index is 0.286. The lowest BCUT2D eigenvalue weighted by Crippen LogP contribution is -2.42. The molecule has 8 nitrogen and oxygen atoms in total. The van der Waals surface area contributed by atoms with Gasteiger partial charge in [0.2, 0.25) is 0 Å². The molecular weight excluding hydrogens is 459 g/mol. The van der Waals surface area contributed by atoms with E-state index in [4.69, 9.17) is 14.5 Å². The molecule has 1 aliphatic heterocycles. The summed E-state index contributed by atoms with van der Waals surface area (Å²) < 4.78 is 25.4. The molecule has 0 spiro atoms. The van der Waals surface area contributed by atoms with E-state index in [1.165, 1.54) is 6.20 Å². The van der Waals surface area contributed by atoms with Gasteiger partial charge in [-0.25, -0.2) is 9.37 Å². The predicted molar refractivity (Wildman–Crippen MR) is 138 cm³/mol. The van der Waals surface area contributed by atoms with Crippen LogP contribution >= 0.6 is 0 Å². The lowest BCUT2D eigenvalue weighted by molar-refractivity contribution is 0.0455. The van der Waals surface area contributed by atoms with Crippen LogP contribution in [0.5, 0.6) is 0 Å². The van der Waals surface area contributed by atoms with Crippen molar-refractivity contribution >= 4 is 11.5 Å². The predicted octanol–water partition coefficient (Wildman–Crippen LogP) is 4.36. The quantitative estimate of drug-likeness (QED) is 0.446. The standard InChI is InChI=1S/C27H37FN6O2/c1-19(16-35-2)32-20-3-5-21(6-4-20)33-24-7-8-25(31-18-27(17-29)10-13-36-14-11-27)34-26(24)22-9-12-30-15-23(22)28/h7-9,12,15,19-21,32-33H,3-6,10-11,13-14,16,18H2,1-2H3,(H,31,34)/t19-,20?,21?/m1/s1. The van der Waals surface area contributed by atoms with E-state index in [0.29, 0.717) is 68.4 Å². The fourth-order valence-electron chi connectivity index (χ4n) is 5.12. The average Bonchev–Trinajstić information content (AvgIpc) is 2.90. The average molecular weight is 497 g/mol. The van der Waals surface area contributed by atoms with Crippen molar-refractivity contribution in [2.45, 2.75) is 63.6 Å². The lowest BCUT2D eigenvalue weighted by Gasteiger charge is -2.32. The van der Waals surface area contributed by atoms with Crippen molar-refractivity contribution in [2.75, 3.05) is 44.1 Å². The molecule has 36 heavy (non-hydrogen) atoms. The van der Waals surface area contributed by atoms with E-state index >= 15 is 0 Å². The summed E-state index contributed by atoms with van der Waals surface area (Å²) in [6.07, 6.45) is 8.33. The van der Waals surface area contributed by atoms with Crippen LogP contribution < -0.4 is 16.0 Å². The van der Waals surface area contributed by atoms with Crippen molar-refractivity contribution in [3.63, 3.8) is 0 Å². The van der Waals surface area contributed by atoms with Gasteiger partial charge in [-0.05, 0) is 63.6 Å². The summed E-state index contributed by atoms with van der Waals surface area (Å²) in [6.45, 7) is 4.49. The van der Waals surface area contributed by atoms with Gasteiger partial charge in [0.15, 0.2) is 5.82 Å². The SMILES string of the molecule is COC[C@@H](C)NC1CCC(Nc2ccc(NCC3(C#N)CCOCC3)nc2-c2ccncc2F)CC1. The van der Waals surface area contributed by atoms with Crippen molar-refractivity contribution in [2.24, 2.45) is 5.41 Å². The molecule has 1 atom stereocenters. The van der Waals surface area contributed by atoms with E-state index < -0.39 is 11.2 Å². The maximum atomic E-state index is 14.8. The molecule has 2 aromatic heterocycles. The van der Waals surface area contributed by atoms with Crippen molar-refractivity contribution in [1.29, 1.82) is 5.26 Å². The summed E-state index contributed by atoms with van der Waals surface area (Å²) in [7, 11) is 1.73. The number of halogens is 1. The number of hydrogen-bond acceptors (Lipinski definition) is 8. The molecule has 1 aliphatic carbocycles. The molecule has 194 valence electrons. The first-order chi connectivity index (χ1) is 17.5. The Labute approximate surface area is 213 Å². The zero-order valence-corrected chi connectivity index (χ0v) is 21.2. The number of aromatic nitrogens is 2. The fourth-order valence-corrected chi connectivity index (χ4v) is 5.12. The molecule has 0 amide bonds. The van der Waals surface area contributed by atoms with E-state index in [1.54, 1.807) is 19.4 Å². The van der Waals surface area contributed by atoms with E-state index in [9.17, 15) is 9.65 Å². The zero-order chi connectivity index (χ0) is 25.4. The Morgan fingerprint density at radius 1 is 1.19 bits per heavy atom. The second-order valence-electron chi connectivity index (χ2n) is 10.0. The zero-order valence-electron chi connectivity index (χ0n) is 21.2. The molecule has 3 N–H and O–H groups in total. The van der Waals surface area contributed by atoms with Crippen LogP contribution in [-0.2, 0) is 9.47 Å². The number of anilines is 2. The highest BCUT2D eigenvalue weighted by Gasteiger charge is 2.32. The van der Waals surface area contributed by atoms with Crippen LogP contribution in [0.2, 0.25) is 0 Å². The Balaban J connectivity index is 1.47. The fraction of sp³-hybridized carbons (Fsp3) is 0.593. The highest BCUT2D eigenvalue weighted by atomic mass is 19.1. The van der Waals surface area contributed by atoms with Gasteiger partial charge >= 0.3 is 0 Å². The first-order valence-electron chi connectivity index (χ1n) is 12.9. The van der Waals surface area contributed by atoms with Gasteiger partial charge in [-0.1, -0.05) is 0 Å². The number of rotatable bonds is 10. The summed E-state index contributed by atoms with van der Waals surface area (Å²) in [4.78, 5) is 8.68. The number of nitriles is 1. The molecule has 4 rings (SSSR count). The van der Waals surface area contributed by atoms with Crippen LogP contribution in [0.1, 0.15) is 45.4 Å². The van der Waals surface area contributed by atoms with Crippen molar-refractivity contribution in [3.8, 4) is 17.3 Å². The van der Waals surface area contributed by atoms with Gasteiger partial charge in [0, 0.05) is 56.8 Å². The largest absolute Gasteiger partial charge is 0.383 e. The molecule has 0 unspecified atom stereocenters. The summed E-state index contributed by atoms with van der Waals surface area (Å²) in [5.41, 5.74) is 1.27. The van der Waals surface area contributed by atoms with Crippen LogP contribution in [0.25, 0.3) is 11.3 Å². The molecule has 2 aromatic rings. The second-order valence-corrected chi connectivity index (χ2v) is 10.0. The number of pyridine rings is 2. The molecule has 3 heterocycles. The summed E-state index contributed by atoms with van der Waals surface area (Å²) in [5.74, 6) is 0.205. The van der Waals surface area contributed by atoms with Crippen LogP contribution in [-0.4, -0.2) is 61.6 Å². The minimum atomic E-state index is -0.480. The van der Waals surface area contributed by atoms with Gasteiger partial charge < -0.3 is 25.4 Å². The van der Waals surface area contributed by atoms with Gasteiger partial charge in [-0.3, -0.25) is 4.98 Å². The topological polar surface area (TPSA) is 104 Å². The molecule has 1 saturated heterocycles. The molecule has 2 fully saturated rings. The van der Waals surface area contributed by atoms with E-state index in [1.807, 2.05) is 12.1 Å². The number of ether oxygens (including phenoxy) is 2. The van der Waals surface area contributed by atoms with Gasteiger partial charge in [-0.15, -0.1) is 0 Å². The Kier molecular flexibility index (Phi) is 9.08. The van der Waals surface area contributed by atoms with Crippen LogP contribution in [0.4, 0.5) is 15.9 Å². The number of hydrogen-bond donors (Lipinski definition) is 3. The lowest BCUT2D eigenvalue weighted by atomic mass is 9.82. The Morgan fingerprint density at radius 3 is 2.64 bits per heavy atom. The molecule has 2 aliphatic rings. The van der Waals surface area contributed by atoms with Gasteiger partial charge in [0.1, 0.15) is 5.82 Å². The number of methoxy groups -OCH3 is 1. The monoisotopic (exact) mass is 496 g/mol. The number of nitrogens with one attached hydrogen (secondary N) is 3. The number of nitrogens with zero attached hydrogens (tertiary/aromatic N) is 3. The van der Waals surface area contributed by atoms with E-state index in [-0.39, 0.29) is 6.04 Å². The van der Waals surface area contributed by atoms with Gasteiger partial charge in [0.05, 0.1) is 35.7 Å². The van der Waals surface area contributed by atoms with Gasteiger partial charge in [-0.2, -0.15) is 5.26 Å². The summed E-state index contributed by atoms with van der Waals surface area (Å²) >= 11 is 0. The second kappa shape index (κ2) is 12.4. The molecule has 0 radical (unpaired) electrons. The van der Waals surface area contributed by atoms with Crippen molar-refractivity contribution < 1.29 is 13.9 Å². The third kappa shape index (κ3) is 6.69. The smallest absolute Gasteiger partial charge is 0.150 e. The van der Waals surface area contributed by atoms with E-state index in [2.05, 4.69) is 33.9 Å². The van der Waals surface area contributed by atoms with Crippen molar-refractivity contribution in [1.82, 2.24) is 15.3 Å². The first-order valence-corrected chi connectivity index (χ1v) is 12.9. The van der Waals surface area contributed by atoms with Crippen LogP contribution in [0.3, 0.4) is 0 Å². The highest BCUT2D eigenvalue weighted by molar-refractivity contribution is 5.76. The summed E-state index contributed by atoms with van der Waals surface area (Å²) in [6, 6.07) is 9.07. The van der Waals surface area contributed by atoms with Crippen LogP contribution in [0.15, 0.2) is 30.6 Å². The normalized spacial score (nSPS) is 22.4. The Hall–Kier alpha value is -2.80.